The normalized spacial score (nSPS) is 11.9. The van der Waals surface area contributed by atoms with Crippen LogP contribution < -0.4 is 0 Å². The number of rotatable bonds is 5. The first-order valence-corrected chi connectivity index (χ1v) is 10.2. The standard InChI is InChI=1S/C20H17FN3O4P/c1-13-9-15(4-6-18(13)21)20-17(3-2-8-22-20)14-5-7-19-16(10-14)11-24(23-19)12-28-29(25,26)27/h2-11H,12H2,1H3,(H2,25,26,27). The van der Waals surface area contributed by atoms with Gasteiger partial charge in [0.2, 0.25) is 0 Å². The first-order chi connectivity index (χ1) is 13.8. The number of benzene rings is 2. The fraction of sp³-hybridized carbons (Fsp3) is 0.100. The topological polar surface area (TPSA) is 97.5 Å². The molecule has 0 aliphatic carbocycles. The van der Waals surface area contributed by atoms with Crippen molar-refractivity contribution < 1.29 is 23.3 Å². The molecule has 0 unspecified atom stereocenters. The van der Waals surface area contributed by atoms with Gasteiger partial charge in [0.1, 0.15) is 5.82 Å². The van der Waals surface area contributed by atoms with Gasteiger partial charge in [0.05, 0.1) is 11.2 Å². The summed E-state index contributed by atoms with van der Waals surface area (Å²) in [7, 11) is -4.58. The van der Waals surface area contributed by atoms with E-state index in [1.165, 1.54) is 10.7 Å². The van der Waals surface area contributed by atoms with Gasteiger partial charge in [-0.25, -0.2) is 13.6 Å². The van der Waals surface area contributed by atoms with Gasteiger partial charge in [-0.1, -0.05) is 12.1 Å². The number of nitrogens with zero attached hydrogens (tertiary/aromatic N) is 3. The van der Waals surface area contributed by atoms with Crippen LogP contribution in [0.4, 0.5) is 4.39 Å². The number of phosphoric acid groups is 1. The summed E-state index contributed by atoms with van der Waals surface area (Å²) < 4.78 is 30.3. The van der Waals surface area contributed by atoms with E-state index in [9.17, 15) is 8.96 Å². The number of aryl methyl sites for hydroxylation is 1. The predicted octanol–water partition coefficient (Wildman–Crippen LogP) is 4.28. The molecule has 2 heterocycles. The van der Waals surface area contributed by atoms with E-state index in [1.54, 1.807) is 31.5 Å². The van der Waals surface area contributed by atoms with E-state index in [-0.39, 0.29) is 12.5 Å². The average Bonchev–Trinajstić information content (AvgIpc) is 3.10. The molecular formula is C20H17FN3O4P. The average molecular weight is 413 g/mol. The summed E-state index contributed by atoms with van der Waals surface area (Å²) in [5.41, 5.74) is 4.50. The van der Waals surface area contributed by atoms with Gasteiger partial charge in [-0.15, -0.1) is 0 Å². The molecule has 0 aliphatic rings. The van der Waals surface area contributed by atoms with Gasteiger partial charge in [0, 0.05) is 28.9 Å². The van der Waals surface area contributed by atoms with E-state index in [0.717, 1.165) is 27.8 Å². The largest absolute Gasteiger partial charge is 0.471 e. The van der Waals surface area contributed by atoms with Crippen LogP contribution >= 0.6 is 7.82 Å². The molecule has 0 bridgehead atoms. The van der Waals surface area contributed by atoms with Crippen LogP contribution in [0.15, 0.2) is 60.9 Å². The smallest absolute Gasteiger partial charge is 0.303 e. The van der Waals surface area contributed by atoms with Crippen LogP contribution in [-0.4, -0.2) is 24.6 Å². The molecule has 0 amide bonds. The minimum absolute atomic E-state index is 0.266. The number of phosphoric ester groups is 1. The molecule has 0 saturated heterocycles. The summed E-state index contributed by atoms with van der Waals surface area (Å²) >= 11 is 0. The van der Waals surface area contributed by atoms with E-state index in [2.05, 4.69) is 14.6 Å². The SMILES string of the molecule is Cc1cc(-c2ncccc2-c2ccc3nn(COP(=O)(O)O)cc3c2)ccc1F. The molecule has 2 aromatic carbocycles. The lowest BCUT2D eigenvalue weighted by atomic mass is 9.97. The van der Waals surface area contributed by atoms with Crippen LogP contribution in [0, 0.1) is 12.7 Å². The highest BCUT2D eigenvalue weighted by Gasteiger charge is 2.15. The van der Waals surface area contributed by atoms with Crippen molar-refractivity contribution in [1.29, 1.82) is 0 Å². The Bertz CT molecular complexity index is 1250. The van der Waals surface area contributed by atoms with Crippen molar-refractivity contribution in [3.05, 3.63) is 72.3 Å². The predicted molar refractivity (Wildman–Crippen MR) is 106 cm³/mol. The first-order valence-electron chi connectivity index (χ1n) is 8.69. The lowest BCUT2D eigenvalue weighted by Crippen LogP contribution is -2.01. The molecule has 0 atom stereocenters. The lowest BCUT2D eigenvalue weighted by molar-refractivity contribution is 0.146. The Kier molecular flexibility index (Phi) is 5.02. The quantitative estimate of drug-likeness (QED) is 0.474. The second-order valence-corrected chi connectivity index (χ2v) is 7.79. The van der Waals surface area contributed by atoms with Gasteiger partial charge in [0.15, 0.2) is 6.73 Å². The Hall–Kier alpha value is -2.90. The maximum atomic E-state index is 13.7. The van der Waals surface area contributed by atoms with Gasteiger partial charge in [-0.05, 0) is 54.4 Å². The summed E-state index contributed by atoms with van der Waals surface area (Å²) in [6.45, 7) is 1.35. The van der Waals surface area contributed by atoms with Crippen molar-refractivity contribution in [3.8, 4) is 22.4 Å². The molecule has 29 heavy (non-hydrogen) atoms. The molecular weight excluding hydrogens is 396 g/mol. The van der Waals surface area contributed by atoms with Crippen molar-refractivity contribution in [2.24, 2.45) is 0 Å². The summed E-state index contributed by atoms with van der Waals surface area (Å²) in [5, 5.41) is 5.02. The zero-order valence-corrected chi connectivity index (χ0v) is 16.3. The van der Waals surface area contributed by atoms with Gasteiger partial charge < -0.3 is 9.79 Å². The minimum Gasteiger partial charge on any atom is -0.303 e. The maximum absolute atomic E-state index is 13.7. The third-order valence-corrected chi connectivity index (χ3v) is 4.91. The third-order valence-electron chi connectivity index (χ3n) is 4.46. The van der Waals surface area contributed by atoms with E-state index < -0.39 is 7.82 Å². The van der Waals surface area contributed by atoms with Crippen molar-refractivity contribution in [3.63, 3.8) is 0 Å². The molecule has 148 valence electrons. The van der Waals surface area contributed by atoms with E-state index in [1.807, 2.05) is 30.3 Å². The molecule has 4 rings (SSSR count). The third kappa shape index (κ3) is 4.26. The maximum Gasteiger partial charge on any atom is 0.471 e. The van der Waals surface area contributed by atoms with Crippen molar-refractivity contribution in [2.45, 2.75) is 13.7 Å². The number of aromatic nitrogens is 3. The number of hydrogen-bond acceptors (Lipinski definition) is 4. The van der Waals surface area contributed by atoms with Gasteiger partial charge in [0.25, 0.3) is 0 Å². The van der Waals surface area contributed by atoms with Crippen LogP contribution in [0.5, 0.6) is 0 Å². The number of hydrogen-bond donors (Lipinski definition) is 2. The molecule has 2 N–H and O–H groups in total. The Morgan fingerprint density at radius 3 is 2.69 bits per heavy atom. The molecule has 2 aromatic heterocycles. The van der Waals surface area contributed by atoms with Crippen LogP contribution in [0.3, 0.4) is 0 Å². The van der Waals surface area contributed by atoms with Crippen LogP contribution in [0.25, 0.3) is 33.3 Å². The second kappa shape index (κ2) is 7.50. The Balaban J connectivity index is 1.73. The highest BCUT2D eigenvalue weighted by molar-refractivity contribution is 7.46. The van der Waals surface area contributed by atoms with Gasteiger partial charge in [-0.2, -0.15) is 5.10 Å². The van der Waals surface area contributed by atoms with E-state index in [0.29, 0.717) is 11.1 Å². The number of halogens is 1. The van der Waals surface area contributed by atoms with Crippen molar-refractivity contribution in [1.82, 2.24) is 14.8 Å². The molecule has 0 spiro atoms. The lowest BCUT2D eigenvalue weighted by Gasteiger charge is -2.10. The first kappa shape index (κ1) is 19.4. The van der Waals surface area contributed by atoms with Crippen molar-refractivity contribution >= 4 is 18.7 Å². The van der Waals surface area contributed by atoms with Gasteiger partial charge in [-0.3, -0.25) is 9.51 Å². The van der Waals surface area contributed by atoms with Crippen LogP contribution in [0.2, 0.25) is 0 Å². The molecule has 9 heteroatoms. The molecule has 0 radical (unpaired) electrons. The molecule has 7 nitrogen and oxygen atoms in total. The molecule has 0 fully saturated rings. The zero-order valence-electron chi connectivity index (χ0n) is 15.4. The molecule has 0 aliphatic heterocycles. The van der Waals surface area contributed by atoms with E-state index >= 15 is 0 Å². The fourth-order valence-electron chi connectivity index (χ4n) is 3.11. The molecule has 0 saturated carbocycles. The zero-order chi connectivity index (χ0) is 20.6. The van der Waals surface area contributed by atoms with E-state index in [4.69, 9.17) is 9.79 Å². The summed E-state index contributed by atoms with van der Waals surface area (Å²) in [5.74, 6) is -0.266. The molecule has 4 aromatic rings. The summed E-state index contributed by atoms with van der Waals surface area (Å²) in [6.07, 6.45) is 3.33. The second-order valence-electron chi connectivity index (χ2n) is 6.55. The summed E-state index contributed by atoms with van der Waals surface area (Å²) in [6, 6.07) is 14.3. The number of fused-ring (bicyclic) bond motifs is 1. The number of pyridine rings is 1. The van der Waals surface area contributed by atoms with Crippen LogP contribution in [-0.2, 0) is 15.8 Å². The van der Waals surface area contributed by atoms with Crippen LogP contribution in [0.1, 0.15) is 5.56 Å². The van der Waals surface area contributed by atoms with Crippen molar-refractivity contribution in [2.75, 3.05) is 0 Å². The Morgan fingerprint density at radius 1 is 1.14 bits per heavy atom. The Morgan fingerprint density at radius 2 is 1.93 bits per heavy atom. The van der Waals surface area contributed by atoms with Gasteiger partial charge >= 0.3 is 7.82 Å². The highest BCUT2D eigenvalue weighted by atomic mass is 31.2. The summed E-state index contributed by atoms with van der Waals surface area (Å²) in [4.78, 5) is 22.2. The Labute approximate surface area is 165 Å². The highest BCUT2D eigenvalue weighted by Crippen LogP contribution is 2.36. The fourth-order valence-corrected chi connectivity index (χ4v) is 3.37. The monoisotopic (exact) mass is 413 g/mol. The minimum atomic E-state index is -4.58.